The van der Waals surface area contributed by atoms with Crippen molar-refractivity contribution < 1.29 is 9.53 Å². The van der Waals surface area contributed by atoms with Gasteiger partial charge in [-0.15, -0.1) is 0 Å². The smallest absolute Gasteiger partial charge is 0.339 e. The number of pyridine rings is 1. The molecular formula is C12H17BrN2O2. The number of nitrogens with zero attached hydrogens (tertiary/aromatic N) is 1. The fourth-order valence-electron chi connectivity index (χ4n) is 1.48. The fraction of sp³-hybridized carbons (Fsp3) is 0.500. The van der Waals surface area contributed by atoms with E-state index in [0.717, 1.165) is 12.8 Å². The van der Waals surface area contributed by atoms with Gasteiger partial charge in [0.2, 0.25) is 0 Å². The Labute approximate surface area is 110 Å². The summed E-state index contributed by atoms with van der Waals surface area (Å²) in [5.41, 5.74) is 5.95. The van der Waals surface area contributed by atoms with Gasteiger partial charge in [0.05, 0.1) is 16.6 Å². The minimum atomic E-state index is -0.367. The molecule has 5 heteroatoms. The van der Waals surface area contributed by atoms with Gasteiger partial charge in [-0.2, -0.15) is 0 Å². The number of aromatic nitrogens is 1. The Hall–Kier alpha value is -1.10. The predicted molar refractivity (Wildman–Crippen MR) is 70.7 cm³/mol. The lowest BCUT2D eigenvalue weighted by Crippen LogP contribution is -2.13. The monoisotopic (exact) mass is 300 g/mol. The molecule has 0 saturated heterocycles. The number of hydrogen-bond acceptors (Lipinski definition) is 4. The minimum absolute atomic E-state index is 0.307. The molecule has 1 heterocycles. The zero-order valence-corrected chi connectivity index (χ0v) is 11.7. The number of anilines is 1. The zero-order valence-electron chi connectivity index (χ0n) is 10.1. The predicted octanol–water partition coefficient (Wildman–Crippen LogP) is 3.02. The molecule has 1 atom stereocenters. The van der Waals surface area contributed by atoms with Gasteiger partial charge < -0.3 is 10.5 Å². The molecule has 4 nitrogen and oxygen atoms in total. The van der Waals surface area contributed by atoms with Crippen LogP contribution in [0.3, 0.4) is 0 Å². The van der Waals surface area contributed by atoms with Crippen molar-refractivity contribution in [2.24, 2.45) is 5.92 Å². The quantitative estimate of drug-likeness (QED) is 0.849. The molecule has 17 heavy (non-hydrogen) atoms. The highest BCUT2D eigenvalue weighted by molar-refractivity contribution is 9.10. The van der Waals surface area contributed by atoms with Crippen molar-refractivity contribution in [3.8, 4) is 0 Å². The molecule has 0 aliphatic carbocycles. The lowest BCUT2D eigenvalue weighted by molar-refractivity contribution is 0.0442. The number of hydrogen-bond donors (Lipinski definition) is 1. The Balaban J connectivity index is 2.61. The van der Waals surface area contributed by atoms with Gasteiger partial charge in [-0.05, 0) is 34.3 Å². The average Bonchev–Trinajstić information content (AvgIpc) is 2.29. The van der Waals surface area contributed by atoms with E-state index in [0.29, 0.717) is 28.4 Å². The van der Waals surface area contributed by atoms with Crippen LogP contribution in [0.4, 0.5) is 5.82 Å². The first kappa shape index (κ1) is 14.0. The second-order valence-corrected chi connectivity index (χ2v) is 4.94. The molecule has 94 valence electrons. The van der Waals surface area contributed by atoms with Crippen LogP contribution in [0.1, 0.15) is 37.0 Å². The van der Waals surface area contributed by atoms with Gasteiger partial charge in [0.1, 0.15) is 5.82 Å². The Morgan fingerprint density at radius 1 is 1.65 bits per heavy atom. The summed E-state index contributed by atoms with van der Waals surface area (Å²) >= 11 is 3.25. The molecule has 1 rings (SSSR count). The van der Waals surface area contributed by atoms with Crippen LogP contribution in [-0.4, -0.2) is 17.6 Å². The summed E-state index contributed by atoms with van der Waals surface area (Å²) in [5, 5.41) is 0. The van der Waals surface area contributed by atoms with Crippen LogP contribution in [-0.2, 0) is 4.74 Å². The van der Waals surface area contributed by atoms with E-state index in [9.17, 15) is 4.79 Å². The maximum atomic E-state index is 11.8. The number of esters is 1. The molecule has 0 spiro atoms. The number of nitrogens with two attached hydrogens (primary N) is 1. The molecule has 0 bridgehead atoms. The lowest BCUT2D eigenvalue weighted by atomic mass is 10.1. The molecule has 1 aromatic heterocycles. The maximum absolute atomic E-state index is 11.8. The fourth-order valence-corrected chi connectivity index (χ4v) is 1.86. The van der Waals surface area contributed by atoms with E-state index in [1.807, 2.05) is 0 Å². The normalized spacial score (nSPS) is 12.2. The van der Waals surface area contributed by atoms with Crippen molar-refractivity contribution in [3.05, 3.63) is 22.3 Å². The van der Waals surface area contributed by atoms with E-state index in [2.05, 4.69) is 34.8 Å². The summed E-state index contributed by atoms with van der Waals surface area (Å²) in [6.45, 7) is 4.60. The van der Waals surface area contributed by atoms with Crippen LogP contribution < -0.4 is 5.73 Å². The van der Waals surface area contributed by atoms with Crippen LogP contribution in [0.25, 0.3) is 0 Å². The minimum Gasteiger partial charge on any atom is -0.462 e. The Bertz CT molecular complexity index is 396. The van der Waals surface area contributed by atoms with E-state index in [1.165, 1.54) is 12.3 Å². The highest BCUT2D eigenvalue weighted by Gasteiger charge is 2.13. The van der Waals surface area contributed by atoms with E-state index in [4.69, 9.17) is 10.5 Å². The van der Waals surface area contributed by atoms with Gasteiger partial charge in [-0.3, -0.25) is 0 Å². The molecule has 1 aromatic rings. The number of nitrogen functional groups attached to an aromatic ring is 1. The zero-order chi connectivity index (χ0) is 12.8. The first-order valence-corrected chi connectivity index (χ1v) is 6.42. The standard InChI is InChI=1S/C12H17BrN2O2/c1-3-4-8(2)7-17-12(16)9-5-11(14)15-6-10(9)13/h5-6,8H,3-4,7H2,1-2H3,(H2,14,15). The summed E-state index contributed by atoms with van der Waals surface area (Å²) in [7, 11) is 0. The van der Waals surface area contributed by atoms with Crippen molar-refractivity contribution in [1.82, 2.24) is 4.98 Å². The third-order valence-corrected chi connectivity index (χ3v) is 3.01. The van der Waals surface area contributed by atoms with Crippen LogP contribution in [0.5, 0.6) is 0 Å². The Kier molecular flexibility index (Phi) is 5.41. The largest absolute Gasteiger partial charge is 0.462 e. The topological polar surface area (TPSA) is 65.2 Å². The van der Waals surface area contributed by atoms with Gasteiger partial charge in [0.15, 0.2) is 0 Å². The number of carbonyl (C=O) groups is 1. The van der Waals surface area contributed by atoms with Gasteiger partial charge in [-0.25, -0.2) is 9.78 Å². The maximum Gasteiger partial charge on any atom is 0.339 e. The van der Waals surface area contributed by atoms with Crippen LogP contribution in [0.15, 0.2) is 16.7 Å². The summed E-state index contributed by atoms with van der Waals surface area (Å²) in [6.07, 6.45) is 3.64. The van der Waals surface area contributed by atoms with E-state index in [-0.39, 0.29) is 5.97 Å². The van der Waals surface area contributed by atoms with Crippen LogP contribution >= 0.6 is 15.9 Å². The van der Waals surface area contributed by atoms with Gasteiger partial charge in [0, 0.05) is 6.20 Å². The molecule has 0 fully saturated rings. The summed E-state index contributed by atoms with van der Waals surface area (Å²) < 4.78 is 5.82. The summed E-state index contributed by atoms with van der Waals surface area (Å²) in [5.74, 6) is 0.317. The van der Waals surface area contributed by atoms with Gasteiger partial charge >= 0.3 is 5.97 Å². The van der Waals surface area contributed by atoms with E-state index < -0.39 is 0 Å². The Morgan fingerprint density at radius 3 is 3.00 bits per heavy atom. The highest BCUT2D eigenvalue weighted by atomic mass is 79.9. The van der Waals surface area contributed by atoms with Crippen molar-refractivity contribution in [3.63, 3.8) is 0 Å². The summed E-state index contributed by atoms with van der Waals surface area (Å²) in [6, 6.07) is 1.51. The summed E-state index contributed by atoms with van der Waals surface area (Å²) in [4.78, 5) is 15.7. The Morgan fingerprint density at radius 2 is 2.35 bits per heavy atom. The van der Waals surface area contributed by atoms with Crippen molar-refractivity contribution in [1.29, 1.82) is 0 Å². The van der Waals surface area contributed by atoms with E-state index >= 15 is 0 Å². The molecular weight excluding hydrogens is 284 g/mol. The van der Waals surface area contributed by atoms with Crippen molar-refractivity contribution in [2.75, 3.05) is 12.3 Å². The molecule has 1 unspecified atom stereocenters. The molecule has 0 aromatic carbocycles. The highest BCUT2D eigenvalue weighted by Crippen LogP contribution is 2.18. The first-order valence-electron chi connectivity index (χ1n) is 5.62. The number of carbonyl (C=O) groups excluding carboxylic acids is 1. The number of ether oxygens (including phenoxy) is 1. The first-order chi connectivity index (χ1) is 8.04. The SMILES string of the molecule is CCCC(C)COC(=O)c1cc(N)ncc1Br. The van der Waals surface area contributed by atoms with E-state index in [1.54, 1.807) is 0 Å². The van der Waals surface area contributed by atoms with Crippen LogP contribution in [0, 0.1) is 5.92 Å². The average molecular weight is 301 g/mol. The van der Waals surface area contributed by atoms with Gasteiger partial charge in [0.25, 0.3) is 0 Å². The second-order valence-electron chi connectivity index (χ2n) is 4.08. The lowest BCUT2D eigenvalue weighted by Gasteiger charge is -2.11. The van der Waals surface area contributed by atoms with Crippen molar-refractivity contribution in [2.45, 2.75) is 26.7 Å². The molecule has 0 amide bonds. The number of rotatable bonds is 5. The third kappa shape index (κ3) is 4.34. The number of halogens is 1. The van der Waals surface area contributed by atoms with Gasteiger partial charge in [-0.1, -0.05) is 20.3 Å². The van der Waals surface area contributed by atoms with Crippen LogP contribution in [0.2, 0.25) is 0 Å². The molecule has 0 aliphatic heterocycles. The molecule has 2 N–H and O–H groups in total. The molecule has 0 radical (unpaired) electrons. The molecule has 0 aliphatic rings. The second kappa shape index (κ2) is 6.59. The van der Waals surface area contributed by atoms with Crippen molar-refractivity contribution >= 4 is 27.7 Å². The molecule has 0 saturated carbocycles. The third-order valence-electron chi connectivity index (χ3n) is 2.38.